The summed E-state index contributed by atoms with van der Waals surface area (Å²) in [4.78, 5) is 6.56. The summed E-state index contributed by atoms with van der Waals surface area (Å²) in [6.07, 6.45) is -0.636. The summed E-state index contributed by atoms with van der Waals surface area (Å²) in [5.41, 5.74) is 3.34. The second-order valence-electron chi connectivity index (χ2n) is 6.27. The van der Waals surface area contributed by atoms with Gasteiger partial charge in [-0.25, -0.2) is 4.98 Å². The maximum atomic E-state index is 10.6. The fraction of sp³-hybridized carbons (Fsp3) is 0.529. The summed E-state index contributed by atoms with van der Waals surface area (Å²) >= 11 is 0. The number of ether oxygens (including phenoxy) is 1. The van der Waals surface area contributed by atoms with Crippen LogP contribution < -0.4 is 0 Å². The number of rotatable bonds is 4. The molecule has 1 aliphatic heterocycles. The van der Waals surface area contributed by atoms with Gasteiger partial charge < -0.3 is 9.84 Å². The molecule has 1 fully saturated rings. The molecule has 124 valence electrons. The van der Waals surface area contributed by atoms with E-state index in [1.807, 2.05) is 26.0 Å². The SMILES string of the molecule is Cc1ccc([C@H](O)CN2CCO[C@H](c3n[nH]c(C)n3)C2)c(C)c1. The summed E-state index contributed by atoms with van der Waals surface area (Å²) in [5, 5.41) is 17.6. The molecule has 0 aliphatic carbocycles. The molecule has 0 saturated carbocycles. The van der Waals surface area contributed by atoms with Gasteiger partial charge in [-0.2, -0.15) is 5.10 Å². The third-order valence-electron chi connectivity index (χ3n) is 4.27. The maximum Gasteiger partial charge on any atom is 0.180 e. The molecule has 2 N–H and O–H groups in total. The van der Waals surface area contributed by atoms with Crippen LogP contribution in [0.2, 0.25) is 0 Å². The highest BCUT2D eigenvalue weighted by Gasteiger charge is 2.26. The molecule has 1 aliphatic rings. The van der Waals surface area contributed by atoms with E-state index in [1.165, 1.54) is 5.56 Å². The number of aromatic amines is 1. The largest absolute Gasteiger partial charge is 0.387 e. The van der Waals surface area contributed by atoms with E-state index in [9.17, 15) is 5.11 Å². The summed E-state index contributed by atoms with van der Waals surface area (Å²) in [6, 6.07) is 6.17. The minimum absolute atomic E-state index is 0.139. The van der Waals surface area contributed by atoms with Crippen LogP contribution in [0.5, 0.6) is 0 Å². The summed E-state index contributed by atoms with van der Waals surface area (Å²) in [6.45, 7) is 8.70. The molecule has 0 spiro atoms. The van der Waals surface area contributed by atoms with Gasteiger partial charge in [0.05, 0.1) is 12.7 Å². The van der Waals surface area contributed by atoms with Gasteiger partial charge in [-0.05, 0) is 31.9 Å². The predicted octanol–water partition coefficient (Wildman–Crippen LogP) is 1.84. The molecule has 0 radical (unpaired) electrons. The van der Waals surface area contributed by atoms with Gasteiger partial charge in [-0.15, -0.1) is 0 Å². The minimum atomic E-state index is -0.497. The van der Waals surface area contributed by atoms with Gasteiger partial charge in [0.2, 0.25) is 0 Å². The Morgan fingerprint density at radius 2 is 2.22 bits per heavy atom. The van der Waals surface area contributed by atoms with Crippen molar-refractivity contribution in [3.63, 3.8) is 0 Å². The monoisotopic (exact) mass is 316 g/mol. The van der Waals surface area contributed by atoms with Crippen LogP contribution in [0.15, 0.2) is 18.2 Å². The molecule has 1 aromatic carbocycles. The molecule has 0 bridgehead atoms. The predicted molar refractivity (Wildman–Crippen MR) is 87.1 cm³/mol. The number of hydrogen-bond acceptors (Lipinski definition) is 5. The smallest absolute Gasteiger partial charge is 0.180 e. The number of nitrogens with zero attached hydrogens (tertiary/aromatic N) is 3. The highest BCUT2D eigenvalue weighted by Crippen LogP contribution is 2.24. The average Bonchev–Trinajstić information content (AvgIpc) is 2.94. The van der Waals surface area contributed by atoms with Crippen LogP contribution in [0.1, 0.15) is 40.5 Å². The number of β-amino-alcohol motifs (C(OH)–C–C–N with tert-alkyl or cyclic N) is 1. The molecule has 3 rings (SSSR count). The number of hydrogen-bond donors (Lipinski definition) is 2. The number of aliphatic hydroxyl groups is 1. The Labute approximate surface area is 136 Å². The lowest BCUT2D eigenvalue weighted by molar-refractivity contribution is -0.0461. The summed E-state index contributed by atoms with van der Waals surface area (Å²) < 4.78 is 5.77. The van der Waals surface area contributed by atoms with Gasteiger partial charge in [0.1, 0.15) is 11.9 Å². The quantitative estimate of drug-likeness (QED) is 0.900. The second kappa shape index (κ2) is 6.78. The molecule has 0 amide bonds. The van der Waals surface area contributed by atoms with Gasteiger partial charge >= 0.3 is 0 Å². The van der Waals surface area contributed by atoms with Crippen LogP contribution in [0.4, 0.5) is 0 Å². The normalized spacial score (nSPS) is 20.6. The Hall–Kier alpha value is -1.76. The van der Waals surface area contributed by atoms with Gasteiger partial charge in [0.25, 0.3) is 0 Å². The standard InChI is InChI=1S/C17H24N4O2/c1-11-4-5-14(12(2)8-11)15(22)9-21-6-7-23-16(10-21)17-18-13(3)19-20-17/h4-5,8,15-16,22H,6-7,9-10H2,1-3H3,(H,18,19,20)/t15-,16+/m1/s1. The molecule has 1 aromatic heterocycles. The molecular weight excluding hydrogens is 292 g/mol. The molecule has 1 saturated heterocycles. The zero-order valence-electron chi connectivity index (χ0n) is 13.9. The van der Waals surface area contributed by atoms with Crippen molar-refractivity contribution in [1.82, 2.24) is 20.1 Å². The Balaban J connectivity index is 1.65. The van der Waals surface area contributed by atoms with Crippen molar-refractivity contribution in [3.05, 3.63) is 46.5 Å². The van der Waals surface area contributed by atoms with Crippen LogP contribution in [-0.4, -0.2) is 51.4 Å². The molecule has 6 nitrogen and oxygen atoms in total. The third kappa shape index (κ3) is 3.77. The number of morpholine rings is 1. The van der Waals surface area contributed by atoms with E-state index in [0.717, 1.165) is 23.5 Å². The first-order valence-electron chi connectivity index (χ1n) is 8.01. The van der Waals surface area contributed by atoms with E-state index in [0.29, 0.717) is 25.5 Å². The number of H-pyrrole nitrogens is 1. The zero-order valence-corrected chi connectivity index (χ0v) is 13.9. The maximum absolute atomic E-state index is 10.6. The third-order valence-corrected chi connectivity index (χ3v) is 4.27. The summed E-state index contributed by atoms with van der Waals surface area (Å²) in [5.74, 6) is 1.48. The fourth-order valence-electron chi connectivity index (χ4n) is 3.07. The topological polar surface area (TPSA) is 74.3 Å². The van der Waals surface area contributed by atoms with Crippen LogP contribution in [0, 0.1) is 20.8 Å². The molecule has 23 heavy (non-hydrogen) atoms. The van der Waals surface area contributed by atoms with E-state index >= 15 is 0 Å². The number of nitrogens with one attached hydrogen (secondary N) is 1. The first-order chi connectivity index (χ1) is 11.0. The van der Waals surface area contributed by atoms with E-state index in [4.69, 9.17) is 4.74 Å². The Morgan fingerprint density at radius 1 is 1.39 bits per heavy atom. The fourth-order valence-corrected chi connectivity index (χ4v) is 3.07. The lowest BCUT2D eigenvalue weighted by Gasteiger charge is -2.33. The number of aryl methyl sites for hydroxylation is 3. The first kappa shape index (κ1) is 16.1. The van der Waals surface area contributed by atoms with Crippen molar-refractivity contribution in [2.75, 3.05) is 26.2 Å². The Bertz CT molecular complexity index is 670. The van der Waals surface area contributed by atoms with Crippen molar-refractivity contribution >= 4 is 0 Å². The van der Waals surface area contributed by atoms with Crippen molar-refractivity contribution in [1.29, 1.82) is 0 Å². The molecular formula is C17H24N4O2. The second-order valence-corrected chi connectivity index (χ2v) is 6.27. The lowest BCUT2D eigenvalue weighted by atomic mass is 10.0. The van der Waals surface area contributed by atoms with E-state index < -0.39 is 6.10 Å². The van der Waals surface area contributed by atoms with E-state index in [2.05, 4.69) is 33.1 Å². The number of aromatic nitrogens is 3. The van der Waals surface area contributed by atoms with E-state index in [1.54, 1.807) is 0 Å². The lowest BCUT2D eigenvalue weighted by Crippen LogP contribution is -2.41. The van der Waals surface area contributed by atoms with Crippen LogP contribution in [0.3, 0.4) is 0 Å². The minimum Gasteiger partial charge on any atom is -0.387 e. The summed E-state index contributed by atoms with van der Waals surface area (Å²) in [7, 11) is 0. The van der Waals surface area contributed by atoms with Crippen molar-refractivity contribution < 1.29 is 9.84 Å². The number of benzene rings is 1. The molecule has 2 aromatic rings. The van der Waals surface area contributed by atoms with Crippen molar-refractivity contribution in [3.8, 4) is 0 Å². The molecule has 2 atom stereocenters. The zero-order chi connectivity index (χ0) is 16.4. The van der Waals surface area contributed by atoms with E-state index in [-0.39, 0.29) is 6.10 Å². The highest BCUT2D eigenvalue weighted by molar-refractivity contribution is 5.32. The van der Waals surface area contributed by atoms with Crippen LogP contribution in [0.25, 0.3) is 0 Å². The number of aliphatic hydroxyl groups excluding tert-OH is 1. The van der Waals surface area contributed by atoms with Gasteiger partial charge in [0.15, 0.2) is 5.82 Å². The molecule has 2 heterocycles. The van der Waals surface area contributed by atoms with Crippen molar-refractivity contribution in [2.24, 2.45) is 0 Å². The first-order valence-corrected chi connectivity index (χ1v) is 8.01. The van der Waals surface area contributed by atoms with Gasteiger partial charge in [-0.3, -0.25) is 10.00 Å². The van der Waals surface area contributed by atoms with Crippen molar-refractivity contribution in [2.45, 2.75) is 33.0 Å². The van der Waals surface area contributed by atoms with Crippen LogP contribution in [-0.2, 0) is 4.74 Å². The Kier molecular flexibility index (Phi) is 4.75. The highest BCUT2D eigenvalue weighted by atomic mass is 16.5. The van der Waals surface area contributed by atoms with Gasteiger partial charge in [-0.1, -0.05) is 23.8 Å². The Morgan fingerprint density at radius 3 is 2.91 bits per heavy atom. The molecule has 6 heteroatoms. The average molecular weight is 316 g/mol. The van der Waals surface area contributed by atoms with Crippen LogP contribution >= 0.6 is 0 Å². The van der Waals surface area contributed by atoms with Gasteiger partial charge in [0, 0.05) is 19.6 Å². The molecule has 0 unspecified atom stereocenters.